The number of aliphatic hydroxyl groups is 3. The first-order chi connectivity index (χ1) is 20.2. The number of fused-ring (bicyclic) bond motifs is 1. The molecular formula is C21H26N7NaO13P2. The Kier molecular flexibility index (Phi) is 10.9. The molecule has 44 heavy (non-hydrogen) atoms. The van der Waals surface area contributed by atoms with Gasteiger partial charge in [0.1, 0.15) is 41.9 Å². The van der Waals surface area contributed by atoms with E-state index in [0.29, 0.717) is 11.2 Å². The molecule has 2 aliphatic heterocycles. The van der Waals surface area contributed by atoms with Crippen molar-refractivity contribution in [3.63, 3.8) is 0 Å². The number of nitrogens with two attached hydrogens (primary N) is 2. The van der Waals surface area contributed by atoms with E-state index in [2.05, 4.69) is 28.3 Å². The summed E-state index contributed by atoms with van der Waals surface area (Å²) in [5.74, 6) is -0.646. The molecule has 3 aromatic rings. The zero-order valence-corrected chi connectivity index (χ0v) is 26.6. The van der Waals surface area contributed by atoms with Crippen LogP contribution in [0.25, 0.3) is 11.2 Å². The summed E-state index contributed by atoms with van der Waals surface area (Å²) in [6.07, 6.45) is -4.07. The molecule has 9 atom stereocenters. The fourth-order valence-corrected chi connectivity index (χ4v) is 6.54. The summed E-state index contributed by atoms with van der Waals surface area (Å²) in [6.45, 7) is -1.77. The second-order valence-corrected chi connectivity index (χ2v) is 12.5. The van der Waals surface area contributed by atoms with Crippen LogP contribution in [0.5, 0.6) is 0 Å². The van der Waals surface area contributed by atoms with Crippen molar-refractivity contribution in [3.8, 4) is 0 Å². The number of aromatic nitrogens is 5. The van der Waals surface area contributed by atoms with Crippen molar-refractivity contribution in [2.45, 2.75) is 49.4 Å². The van der Waals surface area contributed by atoms with Gasteiger partial charge in [0.15, 0.2) is 30.0 Å². The van der Waals surface area contributed by atoms with Gasteiger partial charge in [0, 0.05) is 12.5 Å². The van der Waals surface area contributed by atoms with Gasteiger partial charge in [-0.3, -0.25) is 18.5 Å². The van der Waals surface area contributed by atoms with Gasteiger partial charge in [-0.1, -0.05) is 0 Å². The van der Waals surface area contributed by atoms with Crippen LogP contribution in [0.15, 0.2) is 37.2 Å². The Labute approximate surface area is 270 Å². The molecule has 5 heterocycles. The van der Waals surface area contributed by atoms with Crippen LogP contribution in [0.3, 0.4) is 0 Å². The molecule has 23 heteroatoms. The molecule has 0 saturated carbocycles. The summed E-state index contributed by atoms with van der Waals surface area (Å²) >= 11 is 0. The van der Waals surface area contributed by atoms with Crippen LogP contribution in [0.1, 0.15) is 29.2 Å². The van der Waals surface area contributed by atoms with E-state index >= 15 is 0 Å². The van der Waals surface area contributed by atoms with Crippen molar-refractivity contribution in [2.75, 3.05) is 18.9 Å². The number of anilines is 1. The van der Waals surface area contributed by atoms with Crippen LogP contribution in [0.4, 0.5) is 5.82 Å². The van der Waals surface area contributed by atoms with E-state index in [1.807, 2.05) is 0 Å². The van der Waals surface area contributed by atoms with Crippen molar-refractivity contribution in [3.05, 3.63) is 42.7 Å². The van der Waals surface area contributed by atoms with E-state index in [1.165, 1.54) is 46.3 Å². The van der Waals surface area contributed by atoms with Gasteiger partial charge in [-0.05, 0) is 6.07 Å². The Morgan fingerprint density at radius 2 is 1.77 bits per heavy atom. The molecule has 234 valence electrons. The maximum Gasteiger partial charge on any atom is 1.00 e. The average Bonchev–Trinajstić information content (AvgIpc) is 3.62. The molecule has 2 aliphatic rings. The first-order valence-electron chi connectivity index (χ1n) is 12.5. The second kappa shape index (κ2) is 13.8. The van der Waals surface area contributed by atoms with E-state index in [-0.39, 0.29) is 47.4 Å². The van der Waals surface area contributed by atoms with E-state index < -0.39 is 77.7 Å². The zero-order chi connectivity index (χ0) is 31.1. The molecule has 3 aromatic heterocycles. The topological polar surface area (TPSA) is 304 Å². The van der Waals surface area contributed by atoms with Gasteiger partial charge >= 0.3 is 29.6 Å². The monoisotopic (exact) mass is 669 g/mol. The van der Waals surface area contributed by atoms with Gasteiger partial charge in [0.2, 0.25) is 0 Å². The quantitative estimate of drug-likeness (QED) is 0.0720. The maximum absolute atomic E-state index is 12.3. The predicted molar refractivity (Wildman–Crippen MR) is 134 cm³/mol. The zero-order valence-electron chi connectivity index (χ0n) is 22.8. The minimum Gasteiger partial charge on any atom is -0.756 e. The van der Waals surface area contributed by atoms with Crippen molar-refractivity contribution < 1.29 is 96.0 Å². The third-order valence-electron chi connectivity index (χ3n) is 6.63. The molecule has 7 N–H and O–H groups in total. The van der Waals surface area contributed by atoms with Crippen LogP contribution in [-0.4, -0.2) is 84.5 Å². The Morgan fingerprint density at radius 1 is 1.09 bits per heavy atom. The summed E-state index contributed by atoms with van der Waals surface area (Å²) in [4.78, 5) is 47.9. The standard InChI is InChI=1S/C21H27N7O13P2.Na/c22-18-15-20(25-8-24-18)28(9-26-15)14-4-11(29)12(39-14)6-37-42(33,34)41-43(35,36)38-7-13-16(30)17(31)21(40-13)27-3-1-2-10(5-27)19(23)32;/h1-3,5,8-9,11-14,16-17,21,29-31H,4,6-7H2,(H5-,22,23,24,25,32,33,34,35,36);/q;+1/p-1/t11-,12-,13-,14-,16?,17+,21-;/m1./s1. The number of primary amides is 1. The van der Waals surface area contributed by atoms with Gasteiger partial charge in [-0.2, -0.15) is 4.57 Å². The fraction of sp³-hybridized carbons (Fsp3) is 0.476. The third-order valence-corrected chi connectivity index (χ3v) is 9.16. The number of ether oxygens (including phenoxy) is 2. The molecule has 0 aliphatic carbocycles. The number of imidazole rings is 1. The third kappa shape index (κ3) is 7.69. The van der Waals surface area contributed by atoms with Crippen LogP contribution < -0.4 is 55.4 Å². The summed E-state index contributed by atoms with van der Waals surface area (Å²) in [7, 11) is -11.2. The van der Waals surface area contributed by atoms with E-state index in [1.54, 1.807) is 0 Å². The molecule has 5 rings (SSSR count). The van der Waals surface area contributed by atoms with Crippen LogP contribution in [0.2, 0.25) is 0 Å². The van der Waals surface area contributed by atoms with Gasteiger partial charge in [0.05, 0.1) is 25.6 Å². The number of hydrogen-bond donors (Lipinski definition) is 5. The summed E-state index contributed by atoms with van der Waals surface area (Å²) in [6, 6.07) is 2.83. The van der Waals surface area contributed by atoms with Gasteiger partial charge in [-0.25, -0.2) is 19.3 Å². The Balaban J connectivity index is 0.00000442. The minimum absolute atomic E-state index is 0. The number of nitrogen functional groups attached to an aromatic ring is 1. The van der Waals surface area contributed by atoms with Crippen LogP contribution in [-0.2, 0) is 32.0 Å². The van der Waals surface area contributed by atoms with Crippen LogP contribution >= 0.6 is 15.6 Å². The van der Waals surface area contributed by atoms with Gasteiger partial charge < -0.3 is 55.1 Å². The van der Waals surface area contributed by atoms with E-state index in [9.17, 15) is 39.0 Å². The van der Waals surface area contributed by atoms with E-state index in [4.69, 9.17) is 20.9 Å². The number of amides is 1. The predicted octanol–water partition coefficient (Wildman–Crippen LogP) is -6.25. The molecule has 0 aromatic carbocycles. The number of carbonyl (C=O) groups excluding carboxylic acids is 1. The number of phosphoric acid groups is 2. The number of aliphatic hydroxyl groups excluding tert-OH is 3. The summed E-state index contributed by atoms with van der Waals surface area (Å²) in [5, 5.41) is 31.0. The molecule has 0 radical (unpaired) electrons. The first kappa shape index (κ1) is 34.9. The number of carbonyl (C=O) groups is 1. The molecule has 3 unspecified atom stereocenters. The second-order valence-electron chi connectivity index (χ2n) is 9.53. The number of phosphoric ester groups is 2. The molecular weight excluding hydrogens is 643 g/mol. The SMILES string of the molecule is NC(=O)c1ccc[n+]([C@@H]2O[C@H](COP(=O)([O-])OP(=O)([O-])OC[C@H]3O[C@@H](n4cnc5c(N)ncnc54)C[C@H]3O)C(O)[C@@H]2O)c1.[Na+]. The molecule has 2 fully saturated rings. The van der Waals surface area contributed by atoms with Crippen molar-refractivity contribution >= 4 is 38.5 Å². The minimum atomic E-state index is -5.62. The molecule has 1 amide bonds. The Hall–Kier alpha value is -1.97. The van der Waals surface area contributed by atoms with Crippen LogP contribution in [0, 0.1) is 0 Å². The molecule has 0 bridgehead atoms. The number of pyridine rings is 1. The first-order valence-corrected chi connectivity index (χ1v) is 15.4. The number of nitrogens with zero attached hydrogens (tertiary/aromatic N) is 5. The number of hydrogen-bond acceptors (Lipinski definition) is 17. The smallest absolute Gasteiger partial charge is 0.756 e. The average molecular weight is 669 g/mol. The Morgan fingerprint density at radius 3 is 2.45 bits per heavy atom. The van der Waals surface area contributed by atoms with Crippen molar-refractivity contribution in [1.29, 1.82) is 0 Å². The normalized spacial score (nSPS) is 29.6. The summed E-state index contributed by atoms with van der Waals surface area (Å²) < 4.78 is 51.5. The van der Waals surface area contributed by atoms with Gasteiger partial charge in [-0.15, -0.1) is 0 Å². The van der Waals surface area contributed by atoms with E-state index in [0.717, 1.165) is 0 Å². The maximum atomic E-state index is 12.3. The fourth-order valence-electron chi connectivity index (χ4n) is 4.53. The molecule has 0 spiro atoms. The number of rotatable bonds is 11. The Bertz CT molecular complexity index is 1600. The molecule has 20 nitrogen and oxygen atoms in total. The largest absolute Gasteiger partial charge is 1.00 e. The molecule has 2 saturated heterocycles. The van der Waals surface area contributed by atoms with Gasteiger partial charge in [0.25, 0.3) is 27.8 Å². The summed E-state index contributed by atoms with van der Waals surface area (Å²) in [5.41, 5.74) is 11.7. The van der Waals surface area contributed by atoms with Crippen molar-refractivity contribution in [1.82, 2.24) is 19.5 Å². The van der Waals surface area contributed by atoms with Crippen molar-refractivity contribution in [2.24, 2.45) is 5.73 Å².